The van der Waals surface area contributed by atoms with E-state index in [0.717, 1.165) is 29.1 Å². The number of pyridine rings is 1. The van der Waals surface area contributed by atoms with Crippen molar-refractivity contribution in [3.8, 4) is 0 Å². The van der Waals surface area contributed by atoms with Crippen LogP contribution in [0.25, 0.3) is 0 Å². The summed E-state index contributed by atoms with van der Waals surface area (Å²) in [4.78, 5) is 46.2. The largest absolute Gasteiger partial charge is 0.356 e. The molecule has 0 bridgehead atoms. The number of thioether (sulfide) groups is 1. The molecule has 3 heterocycles. The highest BCUT2D eigenvalue weighted by molar-refractivity contribution is 7.98. The summed E-state index contributed by atoms with van der Waals surface area (Å²) in [5, 5.41) is 3.82. The van der Waals surface area contributed by atoms with E-state index >= 15 is 0 Å². The molecule has 180 valence electrons. The maximum atomic E-state index is 12.9. The van der Waals surface area contributed by atoms with Gasteiger partial charge in [-0.25, -0.2) is 4.98 Å². The summed E-state index contributed by atoms with van der Waals surface area (Å²) < 4.78 is 0. The number of anilines is 1. The number of hydrogen-bond acceptors (Lipinski definition) is 5. The average molecular weight is 481 g/mol. The molecular formula is C26H32N4O3S. The minimum Gasteiger partial charge on any atom is -0.356 e. The third-order valence-corrected chi connectivity index (χ3v) is 7.67. The minimum absolute atomic E-state index is 0.00441. The van der Waals surface area contributed by atoms with Crippen molar-refractivity contribution >= 4 is 35.2 Å². The zero-order chi connectivity index (χ0) is 24.2. The number of nitrogens with one attached hydrogen (secondary N) is 1. The molecule has 7 nitrogen and oxygen atoms in total. The first-order chi connectivity index (χ1) is 16.4. The second-order valence-electron chi connectivity index (χ2n) is 9.21. The molecule has 0 unspecified atom stereocenters. The van der Waals surface area contributed by atoms with Crippen molar-refractivity contribution in [2.75, 3.05) is 37.3 Å². The van der Waals surface area contributed by atoms with Gasteiger partial charge in [0.2, 0.25) is 11.8 Å². The van der Waals surface area contributed by atoms with Gasteiger partial charge in [0, 0.05) is 44.5 Å². The van der Waals surface area contributed by atoms with Crippen LogP contribution in [0.2, 0.25) is 0 Å². The number of carbonyl (C=O) groups excluding carboxylic acids is 3. The molecule has 2 aromatic rings. The molecule has 1 N–H and O–H groups in total. The van der Waals surface area contributed by atoms with E-state index in [1.54, 1.807) is 17.2 Å². The molecule has 3 amide bonds. The van der Waals surface area contributed by atoms with Crippen molar-refractivity contribution in [2.24, 2.45) is 11.8 Å². The molecule has 0 aliphatic carbocycles. The highest BCUT2D eigenvalue weighted by atomic mass is 32.2. The lowest BCUT2D eigenvalue weighted by molar-refractivity contribution is -0.126. The third kappa shape index (κ3) is 5.27. The number of aromatic nitrogens is 1. The predicted octanol–water partition coefficient (Wildman–Crippen LogP) is 3.44. The maximum Gasteiger partial charge on any atom is 0.256 e. The van der Waals surface area contributed by atoms with Crippen molar-refractivity contribution in [1.29, 1.82) is 0 Å². The van der Waals surface area contributed by atoms with Crippen molar-refractivity contribution in [3.05, 3.63) is 53.2 Å². The Labute approximate surface area is 205 Å². The second kappa shape index (κ2) is 10.6. The predicted molar refractivity (Wildman–Crippen MR) is 134 cm³/mol. The van der Waals surface area contributed by atoms with Crippen LogP contribution >= 0.6 is 11.8 Å². The molecule has 2 fully saturated rings. The van der Waals surface area contributed by atoms with Crippen molar-refractivity contribution in [3.63, 3.8) is 0 Å². The first kappa shape index (κ1) is 24.3. The van der Waals surface area contributed by atoms with Gasteiger partial charge in [0.15, 0.2) is 0 Å². The Bertz CT molecular complexity index is 1080. The van der Waals surface area contributed by atoms with Gasteiger partial charge >= 0.3 is 0 Å². The second-order valence-corrected chi connectivity index (χ2v) is 10.0. The maximum absolute atomic E-state index is 12.9. The Morgan fingerprint density at radius 1 is 1.15 bits per heavy atom. The Morgan fingerprint density at radius 2 is 1.91 bits per heavy atom. The summed E-state index contributed by atoms with van der Waals surface area (Å²) in [7, 11) is 0. The number of amides is 3. The summed E-state index contributed by atoms with van der Waals surface area (Å²) in [6.45, 7) is 6.42. The van der Waals surface area contributed by atoms with Gasteiger partial charge in [0.25, 0.3) is 5.91 Å². The first-order valence-electron chi connectivity index (χ1n) is 11.8. The van der Waals surface area contributed by atoms with Crippen LogP contribution in [0.15, 0.2) is 41.6 Å². The van der Waals surface area contributed by atoms with Gasteiger partial charge in [-0.15, -0.1) is 11.8 Å². The summed E-state index contributed by atoms with van der Waals surface area (Å²) in [6, 6.07) is 9.60. The Balaban J connectivity index is 1.25. The van der Waals surface area contributed by atoms with Gasteiger partial charge in [-0.1, -0.05) is 6.07 Å². The van der Waals surface area contributed by atoms with E-state index in [4.69, 9.17) is 0 Å². The third-order valence-electron chi connectivity index (χ3n) is 6.96. The molecule has 0 radical (unpaired) electrons. The smallest absolute Gasteiger partial charge is 0.256 e. The van der Waals surface area contributed by atoms with Crippen LogP contribution in [0.1, 0.15) is 40.7 Å². The van der Waals surface area contributed by atoms with E-state index in [1.165, 1.54) is 17.3 Å². The lowest BCUT2D eigenvalue weighted by atomic mass is 9.96. The number of aryl methyl sites for hydroxylation is 2. The van der Waals surface area contributed by atoms with Gasteiger partial charge < -0.3 is 15.1 Å². The quantitative estimate of drug-likeness (QED) is 0.641. The highest BCUT2D eigenvalue weighted by Crippen LogP contribution is 2.27. The molecule has 1 atom stereocenters. The summed E-state index contributed by atoms with van der Waals surface area (Å²) in [5.41, 5.74) is 3.83. The van der Waals surface area contributed by atoms with Crippen LogP contribution in [0, 0.1) is 25.7 Å². The summed E-state index contributed by atoms with van der Waals surface area (Å²) in [6.07, 6.45) is 5.57. The normalized spacial score (nSPS) is 18.9. The van der Waals surface area contributed by atoms with Crippen molar-refractivity contribution in [2.45, 2.75) is 38.1 Å². The molecule has 34 heavy (non-hydrogen) atoms. The monoisotopic (exact) mass is 480 g/mol. The van der Waals surface area contributed by atoms with E-state index < -0.39 is 0 Å². The molecule has 8 heteroatoms. The standard InChI is InChI=1S/C26H32N4O3S/c1-17-6-7-21(13-18(17)2)30-16-20(14-23(30)31)24(32)28-15-19-8-11-29(12-9-19)26(33)22-5-4-10-27-25(22)34-3/h4-7,10,13,19-20H,8-9,11-12,14-16H2,1-3H3,(H,28,32)/t20-/m0/s1. The molecule has 1 aromatic carbocycles. The Kier molecular flexibility index (Phi) is 7.56. The number of piperidine rings is 1. The zero-order valence-corrected chi connectivity index (χ0v) is 20.9. The van der Waals surface area contributed by atoms with Gasteiger partial charge in [-0.2, -0.15) is 0 Å². The fourth-order valence-corrected chi connectivity index (χ4v) is 5.18. The number of hydrogen-bond donors (Lipinski definition) is 1. The van der Waals surface area contributed by atoms with Crippen LogP contribution in [0.4, 0.5) is 5.69 Å². The molecular weight excluding hydrogens is 448 g/mol. The molecule has 0 saturated carbocycles. The SMILES string of the molecule is CSc1ncccc1C(=O)N1CCC(CNC(=O)[C@H]2CC(=O)N(c3ccc(C)c(C)c3)C2)CC1. The van der Waals surface area contributed by atoms with Crippen LogP contribution in [0.3, 0.4) is 0 Å². The highest BCUT2D eigenvalue weighted by Gasteiger charge is 2.35. The lowest BCUT2D eigenvalue weighted by Crippen LogP contribution is -2.42. The van der Waals surface area contributed by atoms with E-state index in [1.807, 2.05) is 49.3 Å². The molecule has 2 saturated heterocycles. The van der Waals surface area contributed by atoms with Gasteiger partial charge in [-0.05, 0) is 74.3 Å². The molecule has 2 aliphatic rings. The molecule has 4 rings (SSSR count). The fraction of sp³-hybridized carbons (Fsp3) is 0.462. The van der Waals surface area contributed by atoms with Gasteiger partial charge in [0.05, 0.1) is 11.5 Å². The number of rotatable bonds is 6. The number of benzene rings is 1. The Hall–Kier alpha value is -2.87. The number of carbonyl (C=O) groups is 3. The van der Waals surface area contributed by atoms with E-state index in [2.05, 4.69) is 10.3 Å². The van der Waals surface area contributed by atoms with Crippen LogP contribution in [-0.2, 0) is 9.59 Å². The van der Waals surface area contributed by atoms with Crippen LogP contribution < -0.4 is 10.2 Å². The van der Waals surface area contributed by atoms with Crippen LogP contribution in [-0.4, -0.2) is 60.0 Å². The van der Waals surface area contributed by atoms with Gasteiger partial charge in [0.1, 0.15) is 5.03 Å². The van der Waals surface area contributed by atoms with E-state index in [9.17, 15) is 14.4 Å². The fourth-order valence-electron chi connectivity index (χ4n) is 4.64. The molecule has 2 aliphatic heterocycles. The van der Waals surface area contributed by atoms with Gasteiger partial charge in [-0.3, -0.25) is 14.4 Å². The molecule has 1 aromatic heterocycles. The van der Waals surface area contributed by atoms with E-state index in [0.29, 0.717) is 37.7 Å². The average Bonchev–Trinajstić information content (AvgIpc) is 3.25. The number of nitrogens with zero attached hydrogens (tertiary/aromatic N) is 3. The lowest BCUT2D eigenvalue weighted by Gasteiger charge is -2.32. The van der Waals surface area contributed by atoms with Crippen molar-refractivity contribution < 1.29 is 14.4 Å². The zero-order valence-electron chi connectivity index (χ0n) is 20.0. The number of likely N-dealkylation sites (tertiary alicyclic amines) is 1. The van der Waals surface area contributed by atoms with Crippen LogP contribution in [0.5, 0.6) is 0 Å². The summed E-state index contributed by atoms with van der Waals surface area (Å²) in [5.74, 6) is -0.0366. The van der Waals surface area contributed by atoms with E-state index in [-0.39, 0.29) is 30.1 Å². The Morgan fingerprint density at radius 3 is 2.62 bits per heavy atom. The first-order valence-corrected chi connectivity index (χ1v) is 13.0. The molecule has 0 spiro atoms. The minimum atomic E-state index is -0.327. The summed E-state index contributed by atoms with van der Waals surface area (Å²) >= 11 is 1.48. The van der Waals surface area contributed by atoms with Crippen molar-refractivity contribution in [1.82, 2.24) is 15.2 Å². The topological polar surface area (TPSA) is 82.6 Å².